The molecule has 1 amide bonds. The summed E-state index contributed by atoms with van der Waals surface area (Å²) in [5, 5.41) is 12.1. The minimum atomic E-state index is -0.400. The highest BCUT2D eigenvalue weighted by molar-refractivity contribution is 9.10. The molecule has 0 saturated carbocycles. The number of carbonyl (C=O) groups excluding carboxylic acids is 1. The lowest BCUT2D eigenvalue weighted by molar-refractivity contribution is -0.121. The van der Waals surface area contributed by atoms with Gasteiger partial charge in [-0.15, -0.1) is 0 Å². The van der Waals surface area contributed by atoms with Crippen molar-refractivity contribution in [3.63, 3.8) is 0 Å². The molecule has 1 rings (SSSR count). The number of benzene rings is 1. The maximum Gasteiger partial charge on any atom is 0.220 e. The van der Waals surface area contributed by atoms with E-state index in [9.17, 15) is 9.90 Å². The quantitative estimate of drug-likeness (QED) is 0.800. The van der Waals surface area contributed by atoms with Gasteiger partial charge in [-0.3, -0.25) is 4.79 Å². The molecule has 2 N–H and O–H groups in total. The predicted molar refractivity (Wildman–Crippen MR) is 82.9 cm³/mol. The van der Waals surface area contributed by atoms with E-state index >= 15 is 0 Å². The second-order valence-electron chi connectivity index (χ2n) is 5.02. The van der Waals surface area contributed by atoms with Gasteiger partial charge in [-0.05, 0) is 60.3 Å². The highest BCUT2D eigenvalue weighted by Gasteiger charge is 2.10. The van der Waals surface area contributed by atoms with Gasteiger partial charge in [0, 0.05) is 12.5 Å². The van der Waals surface area contributed by atoms with E-state index in [1.807, 2.05) is 25.1 Å². The van der Waals surface area contributed by atoms with Gasteiger partial charge >= 0.3 is 0 Å². The molecule has 0 fully saturated rings. The lowest BCUT2D eigenvalue weighted by Crippen LogP contribution is -2.34. The first-order valence-electron chi connectivity index (χ1n) is 6.72. The molecule has 0 heterocycles. The van der Waals surface area contributed by atoms with Gasteiger partial charge in [0.1, 0.15) is 5.75 Å². The molecule has 0 saturated heterocycles. The smallest absolute Gasteiger partial charge is 0.220 e. The van der Waals surface area contributed by atoms with Crippen LogP contribution in [-0.4, -0.2) is 30.3 Å². The second-order valence-corrected chi connectivity index (χ2v) is 5.88. The summed E-state index contributed by atoms with van der Waals surface area (Å²) >= 11 is 3.43. The normalized spacial score (nSPS) is 13.7. The van der Waals surface area contributed by atoms with Gasteiger partial charge in [0.15, 0.2) is 0 Å². The highest BCUT2D eigenvalue weighted by Crippen LogP contribution is 2.25. The molecular formula is C15H22BrNO3. The average Bonchev–Trinajstić information content (AvgIpc) is 2.35. The molecule has 1 aromatic carbocycles. The van der Waals surface area contributed by atoms with E-state index in [1.54, 1.807) is 14.0 Å². The van der Waals surface area contributed by atoms with E-state index in [1.165, 1.54) is 0 Å². The first kappa shape index (κ1) is 17.0. The van der Waals surface area contributed by atoms with E-state index < -0.39 is 6.10 Å². The zero-order chi connectivity index (χ0) is 15.1. The highest BCUT2D eigenvalue weighted by atomic mass is 79.9. The Morgan fingerprint density at radius 3 is 2.70 bits per heavy atom. The average molecular weight is 344 g/mol. The number of aliphatic hydroxyl groups is 1. The van der Waals surface area contributed by atoms with Crippen LogP contribution in [0.1, 0.15) is 32.3 Å². The molecule has 0 spiro atoms. The van der Waals surface area contributed by atoms with Gasteiger partial charge in [0.25, 0.3) is 0 Å². The Balaban J connectivity index is 2.43. The lowest BCUT2D eigenvalue weighted by atomic mass is 10.1. The van der Waals surface area contributed by atoms with Crippen LogP contribution in [0.25, 0.3) is 0 Å². The van der Waals surface area contributed by atoms with E-state index in [-0.39, 0.29) is 11.9 Å². The Kier molecular flexibility index (Phi) is 7.02. The molecule has 0 aliphatic heterocycles. The minimum absolute atomic E-state index is 0.00471. The number of ether oxygens (including phenoxy) is 1. The first-order chi connectivity index (χ1) is 9.42. The van der Waals surface area contributed by atoms with Crippen molar-refractivity contribution in [2.45, 2.75) is 45.3 Å². The van der Waals surface area contributed by atoms with E-state index in [4.69, 9.17) is 4.74 Å². The van der Waals surface area contributed by atoms with Crippen molar-refractivity contribution in [3.8, 4) is 5.75 Å². The topological polar surface area (TPSA) is 58.6 Å². The van der Waals surface area contributed by atoms with Gasteiger partial charge in [-0.2, -0.15) is 0 Å². The van der Waals surface area contributed by atoms with Gasteiger partial charge in [0.2, 0.25) is 5.91 Å². The third-order valence-corrected chi connectivity index (χ3v) is 3.58. The third kappa shape index (κ3) is 5.92. The maximum absolute atomic E-state index is 11.8. The molecule has 2 unspecified atom stereocenters. The van der Waals surface area contributed by atoms with Gasteiger partial charge in [-0.25, -0.2) is 0 Å². The molecule has 0 aliphatic rings. The summed E-state index contributed by atoms with van der Waals surface area (Å²) in [4.78, 5) is 11.8. The number of halogens is 1. The number of aliphatic hydroxyl groups excluding tert-OH is 1. The number of aryl methyl sites for hydroxylation is 1. The molecule has 0 aromatic heterocycles. The summed E-state index contributed by atoms with van der Waals surface area (Å²) < 4.78 is 6.05. The number of nitrogens with one attached hydrogen (secondary N) is 1. The molecule has 112 valence electrons. The van der Waals surface area contributed by atoms with Crippen molar-refractivity contribution in [2.75, 3.05) is 7.11 Å². The fourth-order valence-corrected chi connectivity index (χ4v) is 2.63. The number of rotatable bonds is 7. The Hall–Kier alpha value is -1.07. The number of hydrogen-bond acceptors (Lipinski definition) is 3. The van der Waals surface area contributed by atoms with Crippen LogP contribution in [0.2, 0.25) is 0 Å². The predicted octanol–water partition coefficient (Wildman–Crippen LogP) is 2.67. The SMILES string of the molecule is COc1ccc(CCC(=O)NC(C)CC(C)O)cc1Br. The first-order valence-corrected chi connectivity index (χ1v) is 7.51. The van der Waals surface area contributed by atoms with Crippen molar-refractivity contribution in [1.82, 2.24) is 5.32 Å². The maximum atomic E-state index is 11.8. The Labute approximate surface area is 128 Å². The van der Waals surface area contributed by atoms with Crippen molar-refractivity contribution in [1.29, 1.82) is 0 Å². The minimum Gasteiger partial charge on any atom is -0.496 e. The van der Waals surface area contributed by atoms with Gasteiger partial charge in [-0.1, -0.05) is 6.07 Å². The largest absolute Gasteiger partial charge is 0.496 e. The van der Waals surface area contributed by atoms with Gasteiger partial charge in [0.05, 0.1) is 17.7 Å². The fraction of sp³-hybridized carbons (Fsp3) is 0.533. The van der Waals surface area contributed by atoms with E-state index in [0.29, 0.717) is 19.3 Å². The Morgan fingerprint density at radius 1 is 1.45 bits per heavy atom. The van der Waals surface area contributed by atoms with Crippen molar-refractivity contribution in [3.05, 3.63) is 28.2 Å². The van der Waals surface area contributed by atoms with Gasteiger partial charge < -0.3 is 15.2 Å². The molecule has 0 radical (unpaired) electrons. The monoisotopic (exact) mass is 343 g/mol. The van der Waals surface area contributed by atoms with Crippen LogP contribution >= 0.6 is 15.9 Å². The Morgan fingerprint density at radius 2 is 2.15 bits per heavy atom. The zero-order valence-electron chi connectivity index (χ0n) is 12.1. The van der Waals surface area contributed by atoms with Crippen LogP contribution in [0.15, 0.2) is 22.7 Å². The molecule has 4 nitrogen and oxygen atoms in total. The van der Waals surface area contributed by atoms with Crippen molar-refractivity contribution in [2.24, 2.45) is 0 Å². The molecule has 1 aromatic rings. The number of methoxy groups -OCH3 is 1. The summed E-state index contributed by atoms with van der Waals surface area (Å²) in [5.41, 5.74) is 1.08. The van der Waals surface area contributed by atoms with Crippen molar-refractivity contribution < 1.29 is 14.6 Å². The fourth-order valence-electron chi connectivity index (χ4n) is 2.04. The summed E-state index contributed by atoms with van der Waals surface area (Å²) in [7, 11) is 1.62. The van der Waals surface area contributed by atoms with Crippen LogP contribution in [0.3, 0.4) is 0 Å². The zero-order valence-corrected chi connectivity index (χ0v) is 13.7. The molecule has 0 bridgehead atoms. The van der Waals surface area contributed by atoms with E-state index in [2.05, 4.69) is 21.2 Å². The standard InChI is InChI=1S/C15H22BrNO3/c1-10(8-11(2)18)17-15(19)7-5-12-4-6-14(20-3)13(16)9-12/h4,6,9-11,18H,5,7-8H2,1-3H3,(H,17,19). The third-order valence-electron chi connectivity index (χ3n) is 2.96. The van der Waals surface area contributed by atoms with Crippen LogP contribution in [-0.2, 0) is 11.2 Å². The van der Waals surface area contributed by atoms with Crippen LogP contribution in [0.4, 0.5) is 0 Å². The Bertz CT molecular complexity index is 449. The number of amides is 1. The molecule has 0 aliphatic carbocycles. The number of hydrogen-bond donors (Lipinski definition) is 2. The molecular weight excluding hydrogens is 322 g/mol. The summed E-state index contributed by atoms with van der Waals surface area (Å²) in [6.07, 6.45) is 1.28. The van der Waals surface area contributed by atoms with Crippen LogP contribution in [0.5, 0.6) is 5.75 Å². The molecule has 5 heteroatoms. The molecule has 20 heavy (non-hydrogen) atoms. The second kappa shape index (κ2) is 8.27. The van der Waals surface area contributed by atoms with E-state index in [0.717, 1.165) is 15.8 Å². The summed E-state index contributed by atoms with van der Waals surface area (Å²) in [5.74, 6) is 0.786. The number of carbonyl (C=O) groups is 1. The summed E-state index contributed by atoms with van der Waals surface area (Å²) in [6, 6.07) is 5.79. The van der Waals surface area contributed by atoms with Crippen LogP contribution in [0, 0.1) is 0 Å². The van der Waals surface area contributed by atoms with Crippen LogP contribution < -0.4 is 10.1 Å². The summed E-state index contributed by atoms with van der Waals surface area (Å²) in [6.45, 7) is 3.62. The molecule has 2 atom stereocenters. The van der Waals surface area contributed by atoms with Crippen molar-refractivity contribution >= 4 is 21.8 Å². The lowest BCUT2D eigenvalue weighted by Gasteiger charge is -2.15.